The van der Waals surface area contributed by atoms with Gasteiger partial charge in [-0.15, -0.1) is 6.58 Å². The van der Waals surface area contributed by atoms with Crippen molar-refractivity contribution in [2.75, 3.05) is 6.61 Å². The van der Waals surface area contributed by atoms with E-state index < -0.39 is 0 Å². The summed E-state index contributed by atoms with van der Waals surface area (Å²) in [5, 5.41) is 9.38. The van der Waals surface area contributed by atoms with Crippen molar-refractivity contribution in [1.29, 1.82) is 0 Å². The summed E-state index contributed by atoms with van der Waals surface area (Å²) in [5.74, 6) is 0.846. The molecule has 76 valence electrons. The molecule has 14 heavy (non-hydrogen) atoms. The first-order chi connectivity index (χ1) is 6.83. The average molecular weight is 192 g/mol. The maximum Gasteiger partial charge on any atom is 0.119 e. The lowest BCUT2D eigenvalue weighted by Crippen LogP contribution is -2.10. The predicted octanol–water partition coefficient (Wildman–Crippen LogP) is 2.39. The zero-order chi connectivity index (χ0) is 10.2. The molecule has 2 heteroatoms. The monoisotopic (exact) mass is 192 g/mol. The van der Waals surface area contributed by atoms with Gasteiger partial charge in [0.1, 0.15) is 5.75 Å². The minimum absolute atomic E-state index is 0.337. The molecule has 0 aliphatic carbocycles. The summed E-state index contributed by atoms with van der Waals surface area (Å²) in [6, 6.07) is 9.60. The Morgan fingerprint density at radius 1 is 1.36 bits per heavy atom. The third-order valence-corrected chi connectivity index (χ3v) is 1.90. The van der Waals surface area contributed by atoms with Crippen LogP contribution >= 0.6 is 0 Å². The molecule has 0 saturated carbocycles. The number of rotatable bonds is 6. The summed E-state index contributed by atoms with van der Waals surface area (Å²) >= 11 is 0. The molecular formula is C12H16O2. The molecule has 0 aromatic heterocycles. The molecule has 1 unspecified atom stereocenters. The van der Waals surface area contributed by atoms with Crippen LogP contribution in [0.5, 0.6) is 5.75 Å². The molecule has 1 aromatic carbocycles. The van der Waals surface area contributed by atoms with Crippen molar-refractivity contribution in [3.63, 3.8) is 0 Å². The van der Waals surface area contributed by atoms with Crippen LogP contribution in [0.1, 0.15) is 12.8 Å². The molecule has 1 N–H and O–H groups in total. The topological polar surface area (TPSA) is 29.5 Å². The van der Waals surface area contributed by atoms with Crippen molar-refractivity contribution in [3.05, 3.63) is 43.0 Å². The van der Waals surface area contributed by atoms with E-state index in [-0.39, 0.29) is 6.10 Å². The molecule has 1 aromatic rings. The van der Waals surface area contributed by atoms with Gasteiger partial charge in [0.25, 0.3) is 0 Å². The normalized spacial score (nSPS) is 12.1. The minimum Gasteiger partial charge on any atom is -0.493 e. The van der Waals surface area contributed by atoms with E-state index in [1.54, 1.807) is 6.08 Å². The third-order valence-electron chi connectivity index (χ3n) is 1.90. The summed E-state index contributed by atoms with van der Waals surface area (Å²) < 4.78 is 5.43. The summed E-state index contributed by atoms with van der Waals surface area (Å²) in [7, 11) is 0. The van der Waals surface area contributed by atoms with Gasteiger partial charge in [0.05, 0.1) is 12.7 Å². The maximum atomic E-state index is 9.38. The van der Waals surface area contributed by atoms with Crippen molar-refractivity contribution in [3.8, 4) is 5.75 Å². The summed E-state index contributed by atoms with van der Waals surface area (Å²) in [4.78, 5) is 0. The van der Waals surface area contributed by atoms with Crippen LogP contribution in [0, 0.1) is 0 Å². The van der Waals surface area contributed by atoms with Crippen LogP contribution < -0.4 is 4.74 Å². The SMILES string of the molecule is C=CCC(O)CCOc1ccccc1. The van der Waals surface area contributed by atoms with E-state index in [4.69, 9.17) is 4.74 Å². The largest absolute Gasteiger partial charge is 0.493 e. The highest BCUT2D eigenvalue weighted by molar-refractivity contribution is 5.20. The van der Waals surface area contributed by atoms with Gasteiger partial charge in [0, 0.05) is 6.42 Å². The number of benzene rings is 1. The Morgan fingerprint density at radius 2 is 2.07 bits per heavy atom. The second-order valence-electron chi connectivity index (χ2n) is 3.13. The molecule has 0 saturated heterocycles. The van der Waals surface area contributed by atoms with E-state index in [2.05, 4.69) is 6.58 Å². The van der Waals surface area contributed by atoms with E-state index in [0.29, 0.717) is 19.4 Å². The zero-order valence-electron chi connectivity index (χ0n) is 8.23. The quantitative estimate of drug-likeness (QED) is 0.701. The Labute approximate surface area is 84.8 Å². The first-order valence-corrected chi connectivity index (χ1v) is 4.79. The summed E-state index contributed by atoms with van der Waals surface area (Å²) in [5.41, 5.74) is 0. The minimum atomic E-state index is -0.337. The van der Waals surface area contributed by atoms with Crippen molar-refractivity contribution >= 4 is 0 Å². The molecule has 1 atom stereocenters. The van der Waals surface area contributed by atoms with Gasteiger partial charge in [-0.05, 0) is 18.6 Å². The fourth-order valence-corrected chi connectivity index (χ4v) is 1.14. The van der Waals surface area contributed by atoms with Crippen molar-refractivity contribution in [2.24, 2.45) is 0 Å². The molecule has 0 amide bonds. The predicted molar refractivity (Wildman–Crippen MR) is 57.4 cm³/mol. The first kappa shape index (κ1) is 10.8. The highest BCUT2D eigenvalue weighted by Gasteiger charge is 2.01. The number of para-hydroxylation sites is 1. The molecule has 0 aliphatic heterocycles. The van der Waals surface area contributed by atoms with E-state index >= 15 is 0 Å². The van der Waals surface area contributed by atoms with Crippen molar-refractivity contribution < 1.29 is 9.84 Å². The standard InChI is InChI=1S/C12H16O2/c1-2-6-11(13)9-10-14-12-7-4-3-5-8-12/h2-5,7-8,11,13H,1,6,9-10H2. The number of aliphatic hydroxyl groups is 1. The van der Waals surface area contributed by atoms with Crippen LogP contribution in [0.3, 0.4) is 0 Å². The fraction of sp³-hybridized carbons (Fsp3) is 0.333. The Morgan fingerprint density at radius 3 is 2.71 bits per heavy atom. The Bertz CT molecular complexity index is 256. The summed E-state index contributed by atoms with van der Waals surface area (Å²) in [6.45, 7) is 4.11. The Hall–Kier alpha value is -1.28. The van der Waals surface area contributed by atoms with Gasteiger partial charge in [0.15, 0.2) is 0 Å². The molecule has 0 fully saturated rings. The van der Waals surface area contributed by atoms with Crippen LogP contribution in [0.4, 0.5) is 0 Å². The van der Waals surface area contributed by atoms with Gasteiger partial charge >= 0.3 is 0 Å². The lowest BCUT2D eigenvalue weighted by Gasteiger charge is -2.09. The Balaban J connectivity index is 2.18. The lowest BCUT2D eigenvalue weighted by molar-refractivity contribution is 0.142. The van der Waals surface area contributed by atoms with Gasteiger partial charge in [-0.2, -0.15) is 0 Å². The van der Waals surface area contributed by atoms with Crippen molar-refractivity contribution in [1.82, 2.24) is 0 Å². The van der Waals surface area contributed by atoms with E-state index in [0.717, 1.165) is 5.75 Å². The highest BCUT2D eigenvalue weighted by atomic mass is 16.5. The Kier molecular flexibility index (Phi) is 4.79. The van der Waals surface area contributed by atoms with Crippen LogP contribution in [0.25, 0.3) is 0 Å². The van der Waals surface area contributed by atoms with Crippen molar-refractivity contribution in [2.45, 2.75) is 18.9 Å². The molecule has 1 rings (SSSR count). The smallest absolute Gasteiger partial charge is 0.119 e. The molecule has 0 heterocycles. The molecule has 0 radical (unpaired) electrons. The molecule has 0 spiro atoms. The number of aliphatic hydroxyl groups excluding tert-OH is 1. The lowest BCUT2D eigenvalue weighted by atomic mass is 10.2. The van der Waals surface area contributed by atoms with E-state index in [1.807, 2.05) is 30.3 Å². The van der Waals surface area contributed by atoms with Crippen LogP contribution in [0.2, 0.25) is 0 Å². The second kappa shape index (κ2) is 6.22. The zero-order valence-corrected chi connectivity index (χ0v) is 8.23. The number of hydrogen-bond acceptors (Lipinski definition) is 2. The number of ether oxygens (including phenoxy) is 1. The van der Waals surface area contributed by atoms with E-state index in [9.17, 15) is 5.11 Å². The van der Waals surface area contributed by atoms with Crippen LogP contribution in [-0.2, 0) is 0 Å². The van der Waals surface area contributed by atoms with Gasteiger partial charge < -0.3 is 9.84 Å². The van der Waals surface area contributed by atoms with Crippen LogP contribution in [0.15, 0.2) is 43.0 Å². The second-order valence-corrected chi connectivity index (χ2v) is 3.13. The van der Waals surface area contributed by atoms with Gasteiger partial charge in [-0.3, -0.25) is 0 Å². The molecule has 0 aliphatic rings. The third kappa shape index (κ3) is 4.10. The van der Waals surface area contributed by atoms with Gasteiger partial charge in [-0.25, -0.2) is 0 Å². The molecule has 0 bridgehead atoms. The van der Waals surface area contributed by atoms with Gasteiger partial charge in [-0.1, -0.05) is 24.3 Å². The van der Waals surface area contributed by atoms with E-state index in [1.165, 1.54) is 0 Å². The summed E-state index contributed by atoms with van der Waals surface area (Å²) in [6.07, 6.45) is 2.64. The average Bonchev–Trinajstić information content (AvgIpc) is 2.20. The highest BCUT2D eigenvalue weighted by Crippen LogP contribution is 2.09. The van der Waals surface area contributed by atoms with Gasteiger partial charge in [0.2, 0.25) is 0 Å². The number of hydrogen-bond donors (Lipinski definition) is 1. The maximum absolute atomic E-state index is 9.38. The fourth-order valence-electron chi connectivity index (χ4n) is 1.14. The van der Waals surface area contributed by atoms with Crippen LogP contribution in [-0.4, -0.2) is 17.8 Å². The molecular weight excluding hydrogens is 176 g/mol. The molecule has 2 nitrogen and oxygen atoms in total. The first-order valence-electron chi connectivity index (χ1n) is 4.79.